The molecule has 0 fully saturated rings. The highest BCUT2D eigenvalue weighted by molar-refractivity contribution is 8.13. The van der Waals surface area contributed by atoms with Crippen LogP contribution in [0.15, 0.2) is 56.6 Å². The van der Waals surface area contributed by atoms with Crippen molar-refractivity contribution in [3.63, 3.8) is 0 Å². The van der Waals surface area contributed by atoms with E-state index in [9.17, 15) is 19.8 Å². The summed E-state index contributed by atoms with van der Waals surface area (Å²) in [7, 11) is 0. The smallest absolute Gasteiger partial charge is 0.369 e. The van der Waals surface area contributed by atoms with Crippen molar-refractivity contribution >= 4 is 28.0 Å². The van der Waals surface area contributed by atoms with E-state index in [2.05, 4.69) is 0 Å². The van der Waals surface area contributed by atoms with Crippen molar-refractivity contribution in [3.8, 4) is 11.5 Å². The molecule has 0 atom stereocenters. The Morgan fingerprint density at radius 2 is 1.71 bits per heavy atom. The zero-order valence-electron chi connectivity index (χ0n) is 12.2. The van der Waals surface area contributed by atoms with Crippen molar-refractivity contribution < 1.29 is 24.5 Å². The Bertz CT molecular complexity index is 975. The van der Waals surface area contributed by atoms with E-state index < -0.39 is 10.9 Å². The average molecular weight is 344 g/mol. The molecule has 0 spiro atoms. The highest BCUT2D eigenvalue weighted by atomic mass is 32.2. The SMILES string of the molecule is O=C(O)Sc1ccc(Cc2cc(=O)oc3cc(O)c(O)cc23)cc1. The summed E-state index contributed by atoms with van der Waals surface area (Å²) in [6.07, 6.45) is 0.393. The van der Waals surface area contributed by atoms with Gasteiger partial charge in [0.1, 0.15) is 5.58 Å². The number of fused-ring (bicyclic) bond motifs is 1. The molecule has 24 heavy (non-hydrogen) atoms. The molecule has 3 aromatic rings. The summed E-state index contributed by atoms with van der Waals surface area (Å²) in [6, 6.07) is 10.8. The molecule has 0 aliphatic rings. The van der Waals surface area contributed by atoms with Gasteiger partial charge in [-0.05, 0) is 47.5 Å². The van der Waals surface area contributed by atoms with Crippen LogP contribution in [0.2, 0.25) is 0 Å². The molecule has 0 amide bonds. The lowest BCUT2D eigenvalue weighted by Gasteiger charge is -2.07. The molecule has 122 valence electrons. The first-order valence-electron chi connectivity index (χ1n) is 6.91. The number of aromatic hydroxyl groups is 2. The van der Waals surface area contributed by atoms with Crippen LogP contribution in [0, 0.1) is 0 Å². The third kappa shape index (κ3) is 3.36. The molecule has 0 aliphatic carbocycles. The first kappa shape index (κ1) is 15.9. The molecular formula is C17H12O6S. The third-order valence-corrected chi connectivity index (χ3v) is 4.13. The van der Waals surface area contributed by atoms with Gasteiger partial charge in [-0.1, -0.05) is 12.1 Å². The Balaban J connectivity index is 1.99. The summed E-state index contributed by atoms with van der Waals surface area (Å²) in [6.45, 7) is 0. The molecule has 1 aromatic heterocycles. The number of rotatable bonds is 3. The second-order valence-corrected chi connectivity index (χ2v) is 6.14. The van der Waals surface area contributed by atoms with E-state index in [0.29, 0.717) is 34.0 Å². The van der Waals surface area contributed by atoms with Crippen molar-refractivity contribution in [2.75, 3.05) is 0 Å². The van der Waals surface area contributed by atoms with Gasteiger partial charge in [-0.25, -0.2) is 9.59 Å². The number of phenols is 2. The van der Waals surface area contributed by atoms with Crippen molar-refractivity contribution in [3.05, 3.63) is 64.0 Å². The highest BCUT2D eigenvalue weighted by Crippen LogP contribution is 2.32. The topological polar surface area (TPSA) is 108 Å². The van der Waals surface area contributed by atoms with Gasteiger partial charge >= 0.3 is 10.9 Å². The van der Waals surface area contributed by atoms with Crippen LogP contribution in [0.3, 0.4) is 0 Å². The van der Waals surface area contributed by atoms with Crippen LogP contribution in [0.25, 0.3) is 11.0 Å². The number of phenolic OH excluding ortho intramolecular Hbond substituents is 2. The minimum absolute atomic E-state index is 0.186. The van der Waals surface area contributed by atoms with E-state index in [0.717, 1.165) is 5.56 Å². The minimum Gasteiger partial charge on any atom is -0.504 e. The second-order valence-electron chi connectivity index (χ2n) is 5.12. The molecule has 0 saturated carbocycles. The molecule has 0 saturated heterocycles. The summed E-state index contributed by atoms with van der Waals surface area (Å²) >= 11 is 0.713. The van der Waals surface area contributed by atoms with E-state index in [4.69, 9.17) is 9.52 Å². The van der Waals surface area contributed by atoms with E-state index in [1.54, 1.807) is 24.3 Å². The Labute approximate surface area is 140 Å². The van der Waals surface area contributed by atoms with Crippen molar-refractivity contribution in [1.29, 1.82) is 0 Å². The van der Waals surface area contributed by atoms with Gasteiger partial charge in [0.15, 0.2) is 11.5 Å². The molecule has 7 heteroatoms. The molecule has 0 unspecified atom stereocenters. The summed E-state index contributed by atoms with van der Waals surface area (Å²) in [5, 5.41) is 27.5. The van der Waals surface area contributed by atoms with Gasteiger partial charge in [0.2, 0.25) is 0 Å². The van der Waals surface area contributed by atoms with Crippen molar-refractivity contribution in [2.24, 2.45) is 0 Å². The lowest BCUT2D eigenvalue weighted by Crippen LogP contribution is -2.01. The predicted molar refractivity (Wildman–Crippen MR) is 88.9 cm³/mol. The van der Waals surface area contributed by atoms with E-state index in [-0.39, 0.29) is 17.1 Å². The number of carboxylic acid groups (broad SMARTS) is 1. The molecule has 6 nitrogen and oxygen atoms in total. The van der Waals surface area contributed by atoms with Gasteiger partial charge in [0, 0.05) is 22.4 Å². The molecule has 2 aromatic carbocycles. The van der Waals surface area contributed by atoms with Crippen molar-refractivity contribution in [2.45, 2.75) is 11.3 Å². The zero-order chi connectivity index (χ0) is 17.3. The quantitative estimate of drug-likeness (QED) is 0.379. The average Bonchev–Trinajstić information content (AvgIpc) is 2.50. The van der Waals surface area contributed by atoms with Crippen LogP contribution in [-0.4, -0.2) is 20.6 Å². The predicted octanol–water partition coefficient (Wildman–Crippen LogP) is 3.57. The number of hydrogen-bond acceptors (Lipinski definition) is 6. The summed E-state index contributed by atoms with van der Waals surface area (Å²) in [5.41, 5.74) is 1.13. The maximum absolute atomic E-state index is 11.7. The Hall–Kier alpha value is -2.93. The molecule has 3 rings (SSSR count). The third-order valence-electron chi connectivity index (χ3n) is 3.45. The molecular weight excluding hydrogens is 332 g/mol. The van der Waals surface area contributed by atoms with Crippen molar-refractivity contribution in [1.82, 2.24) is 0 Å². The summed E-state index contributed by atoms with van der Waals surface area (Å²) in [4.78, 5) is 23.0. The Kier molecular flexibility index (Phi) is 4.18. The number of benzene rings is 2. The maximum Gasteiger partial charge on any atom is 0.369 e. The van der Waals surface area contributed by atoms with Gasteiger partial charge in [-0.15, -0.1) is 0 Å². The Morgan fingerprint density at radius 1 is 1.04 bits per heavy atom. The van der Waals surface area contributed by atoms with Gasteiger partial charge in [-0.3, -0.25) is 0 Å². The first-order valence-corrected chi connectivity index (χ1v) is 7.72. The fourth-order valence-electron chi connectivity index (χ4n) is 2.39. The molecule has 0 bridgehead atoms. The zero-order valence-corrected chi connectivity index (χ0v) is 13.0. The largest absolute Gasteiger partial charge is 0.504 e. The monoisotopic (exact) mass is 344 g/mol. The lowest BCUT2D eigenvalue weighted by atomic mass is 10.0. The standard InChI is InChI=1S/C17H12O6S/c18-13-7-12-10(6-16(20)23-15(12)8-14(13)19)5-9-1-3-11(4-2-9)24-17(21)22/h1-4,6-8,18-19H,5H2,(H,21,22). The lowest BCUT2D eigenvalue weighted by molar-refractivity contribution is 0.222. The normalized spacial score (nSPS) is 10.8. The van der Waals surface area contributed by atoms with Crippen LogP contribution in [0.5, 0.6) is 11.5 Å². The minimum atomic E-state index is -0.982. The van der Waals surface area contributed by atoms with Gasteiger partial charge in [0.25, 0.3) is 0 Å². The number of hydrogen-bond donors (Lipinski definition) is 3. The number of thioether (sulfide) groups is 1. The molecule has 3 N–H and O–H groups in total. The van der Waals surface area contributed by atoms with E-state index in [1.807, 2.05) is 0 Å². The van der Waals surface area contributed by atoms with Crippen LogP contribution in [-0.2, 0) is 6.42 Å². The van der Waals surface area contributed by atoms with E-state index in [1.165, 1.54) is 18.2 Å². The summed E-state index contributed by atoms with van der Waals surface area (Å²) in [5.74, 6) is -0.663. The summed E-state index contributed by atoms with van der Waals surface area (Å²) < 4.78 is 5.04. The van der Waals surface area contributed by atoms with E-state index >= 15 is 0 Å². The Morgan fingerprint density at radius 3 is 2.38 bits per heavy atom. The van der Waals surface area contributed by atoms with Gasteiger partial charge in [0.05, 0.1) is 0 Å². The maximum atomic E-state index is 11.7. The first-order chi connectivity index (χ1) is 11.4. The fraction of sp³-hybridized carbons (Fsp3) is 0.0588. The second kappa shape index (κ2) is 6.29. The molecule has 0 radical (unpaired) electrons. The van der Waals surface area contributed by atoms with Crippen LogP contribution < -0.4 is 5.63 Å². The van der Waals surface area contributed by atoms with Gasteiger partial charge < -0.3 is 19.7 Å². The van der Waals surface area contributed by atoms with Crippen LogP contribution >= 0.6 is 11.8 Å². The van der Waals surface area contributed by atoms with Crippen LogP contribution in [0.4, 0.5) is 4.79 Å². The molecule has 1 heterocycles. The fourth-order valence-corrected chi connectivity index (χ4v) is 2.87. The number of carbonyl (C=O) groups is 1. The molecule has 0 aliphatic heterocycles. The highest BCUT2D eigenvalue weighted by Gasteiger charge is 2.11. The van der Waals surface area contributed by atoms with Crippen LogP contribution in [0.1, 0.15) is 11.1 Å². The van der Waals surface area contributed by atoms with Gasteiger partial charge in [-0.2, -0.15) is 0 Å².